The lowest BCUT2D eigenvalue weighted by Crippen LogP contribution is -2.57. The molecule has 0 aromatic heterocycles. The lowest BCUT2D eigenvalue weighted by Gasteiger charge is -2.44. The molecule has 7 nitrogen and oxygen atoms in total. The SMILES string of the molecule is CS[C@H]1O[C@@H](c2cc(C)c(Cl)c(CBr)c2)[C@H](OC(C)=O)[C@@H](OC(C)=O)[C@@H]1OC(C)=O. The summed E-state index contributed by atoms with van der Waals surface area (Å²) in [5.74, 6) is -1.74. The lowest BCUT2D eigenvalue weighted by molar-refractivity contribution is -0.233. The van der Waals surface area contributed by atoms with Crippen LogP contribution in [-0.4, -0.2) is 47.9 Å². The summed E-state index contributed by atoms with van der Waals surface area (Å²) >= 11 is 11.1. The molecule has 1 saturated heterocycles. The van der Waals surface area contributed by atoms with Crippen LogP contribution in [-0.2, 0) is 38.7 Å². The molecule has 1 aromatic carbocycles. The number of esters is 3. The van der Waals surface area contributed by atoms with Crippen molar-refractivity contribution in [1.29, 1.82) is 0 Å². The van der Waals surface area contributed by atoms with Crippen molar-refractivity contribution in [2.24, 2.45) is 0 Å². The largest absolute Gasteiger partial charge is 0.455 e. The summed E-state index contributed by atoms with van der Waals surface area (Å²) in [4.78, 5) is 35.4. The number of aryl methyl sites for hydroxylation is 1. The molecule has 1 aliphatic heterocycles. The Morgan fingerprint density at radius 3 is 2.07 bits per heavy atom. The third-order valence-electron chi connectivity index (χ3n) is 4.46. The second-order valence-electron chi connectivity index (χ2n) is 6.83. The maximum Gasteiger partial charge on any atom is 0.303 e. The number of benzene rings is 1. The fourth-order valence-corrected chi connectivity index (χ4v) is 4.86. The van der Waals surface area contributed by atoms with E-state index in [1.54, 1.807) is 6.26 Å². The molecule has 0 bridgehead atoms. The molecule has 1 aliphatic rings. The average Bonchev–Trinajstić information content (AvgIpc) is 2.65. The molecule has 0 aliphatic carbocycles. The molecule has 166 valence electrons. The van der Waals surface area contributed by atoms with Crippen LogP contribution in [0.3, 0.4) is 0 Å². The van der Waals surface area contributed by atoms with E-state index in [0.717, 1.165) is 11.1 Å². The van der Waals surface area contributed by atoms with Crippen LogP contribution in [0.25, 0.3) is 0 Å². The van der Waals surface area contributed by atoms with Gasteiger partial charge in [-0.25, -0.2) is 0 Å². The van der Waals surface area contributed by atoms with Crippen LogP contribution >= 0.6 is 39.3 Å². The third-order valence-corrected chi connectivity index (χ3v) is 6.45. The number of hydrogen-bond acceptors (Lipinski definition) is 8. The average molecular weight is 524 g/mol. The predicted molar refractivity (Wildman–Crippen MR) is 117 cm³/mol. The van der Waals surface area contributed by atoms with Crippen molar-refractivity contribution in [3.05, 3.63) is 33.8 Å². The first-order valence-corrected chi connectivity index (χ1v) is 11.9. The van der Waals surface area contributed by atoms with Gasteiger partial charge in [0.05, 0.1) is 0 Å². The summed E-state index contributed by atoms with van der Waals surface area (Å²) in [7, 11) is 0. The van der Waals surface area contributed by atoms with Crippen molar-refractivity contribution in [3.8, 4) is 0 Å². The smallest absolute Gasteiger partial charge is 0.303 e. The highest BCUT2D eigenvalue weighted by Gasteiger charge is 2.52. The van der Waals surface area contributed by atoms with E-state index in [9.17, 15) is 14.4 Å². The van der Waals surface area contributed by atoms with Gasteiger partial charge in [0.1, 0.15) is 11.5 Å². The summed E-state index contributed by atoms with van der Waals surface area (Å²) < 4.78 is 22.6. The molecule has 1 fully saturated rings. The summed E-state index contributed by atoms with van der Waals surface area (Å²) in [6, 6.07) is 3.68. The molecule has 0 saturated carbocycles. The summed E-state index contributed by atoms with van der Waals surface area (Å²) in [6.45, 7) is 5.60. The van der Waals surface area contributed by atoms with Crippen LogP contribution in [0.4, 0.5) is 0 Å². The molecule has 2 rings (SSSR count). The van der Waals surface area contributed by atoms with Gasteiger partial charge in [-0.1, -0.05) is 39.7 Å². The maximum absolute atomic E-state index is 11.9. The molecule has 0 N–H and O–H groups in total. The molecule has 0 unspecified atom stereocenters. The van der Waals surface area contributed by atoms with E-state index in [0.29, 0.717) is 15.9 Å². The molecule has 1 heterocycles. The maximum atomic E-state index is 11.9. The van der Waals surface area contributed by atoms with Crippen molar-refractivity contribution >= 4 is 57.2 Å². The Morgan fingerprint density at radius 2 is 1.57 bits per heavy atom. The van der Waals surface area contributed by atoms with Crippen molar-refractivity contribution in [2.45, 2.75) is 62.9 Å². The van der Waals surface area contributed by atoms with Crippen LogP contribution in [0, 0.1) is 6.92 Å². The van der Waals surface area contributed by atoms with E-state index in [1.165, 1.54) is 32.5 Å². The number of halogens is 2. The third kappa shape index (κ3) is 5.90. The van der Waals surface area contributed by atoms with Crippen molar-refractivity contribution < 1.29 is 33.3 Å². The number of hydrogen-bond donors (Lipinski definition) is 0. The fraction of sp³-hybridized carbons (Fsp3) is 0.550. The molecule has 0 spiro atoms. The van der Waals surface area contributed by atoms with E-state index >= 15 is 0 Å². The predicted octanol–water partition coefficient (Wildman–Crippen LogP) is 4.10. The van der Waals surface area contributed by atoms with Crippen LogP contribution in [0.1, 0.15) is 43.6 Å². The first-order chi connectivity index (χ1) is 14.1. The molecular formula is C20H24BrClO7S. The molecule has 30 heavy (non-hydrogen) atoms. The molecule has 1 aromatic rings. The molecule has 0 amide bonds. The van der Waals surface area contributed by atoms with Gasteiger partial charge >= 0.3 is 17.9 Å². The van der Waals surface area contributed by atoms with Gasteiger partial charge in [-0.05, 0) is 29.9 Å². The first-order valence-electron chi connectivity index (χ1n) is 9.13. The molecule has 10 heteroatoms. The molecule has 5 atom stereocenters. The Hall–Kier alpha value is -1.29. The fourth-order valence-electron chi connectivity index (χ4n) is 3.37. The zero-order chi connectivity index (χ0) is 22.6. The van der Waals surface area contributed by atoms with Crippen LogP contribution in [0.5, 0.6) is 0 Å². The monoisotopic (exact) mass is 522 g/mol. The number of thioether (sulfide) groups is 1. The van der Waals surface area contributed by atoms with Gasteiger partial charge in [-0.15, -0.1) is 11.8 Å². The first kappa shape index (κ1) is 25.0. The Kier molecular flexibility index (Phi) is 9.02. The van der Waals surface area contributed by atoms with Crippen LogP contribution in [0.15, 0.2) is 12.1 Å². The second-order valence-corrected chi connectivity index (χ2v) is 8.70. The minimum Gasteiger partial charge on any atom is -0.455 e. The van der Waals surface area contributed by atoms with Crippen LogP contribution in [0.2, 0.25) is 5.02 Å². The second kappa shape index (κ2) is 10.8. The molecule has 0 radical (unpaired) electrons. The highest BCUT2D eigenvalue weighted by molar-refractivity contribution is 9.08. The van der Waals surface area contributed by atoms with Gasteiger partial charge in [-0.2, -0.15) is 0 Å². The normalized spacial score (nSPS) is 26.0. The quantitative estimate of drug-likeness (QED) is 0.313. The lowest BCUT2D eigenvalue weighted by atomic mass is 9.92. The highest BCUT2D eigenvalue weighted by atomic mass is 79.9. The van der Waals surface area contributed by atoms with Crippen molar-refractivity contribution in [3.63, 3.8) is 0 Å². The summed E-state index contributed by atoms with van der Waals surface area (Å²) in [5.41, 5.74) is 1.71. The summed E-state index contributed by atoms with van der Waals surface area (Å²) in [6.07, 6.45) is -2.01. The number of carbonyl (C=O) groups excluding carboxylic acids is 3. The Bertz CT molecular complexity index is 819. The summed E-state index contributed by atoms with van der Waals surface area (Å²) in [5, 5.41) is 1.13. The Labute approximate surface area is 193 Å². The van der Waals surface area contributed by atoms with Gasteiger partial charge in [-0.3, -0.25) is 14.4 Å². The van der Waals surface area contributed by atoms with Gasteiger partial charge in [0, 0.05) is 31.1 Å². The van der Waals surface area contributed by atoms with Gasteiger partial charge < -0.3 is 18.9 Å². The van der Waals surface area contributed by atoms with Crippen LogP contribution < -0.4 is 0 Å². The highest BCUT2D eigenvalue weighted by Crippen LogP contribution is 2.41. The van der Waals surface area contributed by atoms with E-state index in [-0.39, 0.29) is 0 Å². The Balaban J connectivity index is 2.60. The van der Waals surface area contributed by atoms with E-state index in [1.807, 2.05) is 19.1 Å². The zero-order valence-corrected chi connectivity index (χ0v) is 20.4. The van der Waals surface area contributed by atoms with Crippen molar-refractivity contribution in [2.75, 3.05) is 6.26 Å². The number of alkyl halides is 1. The van der Waals surface area contributed by atoms with Gasteiger partial charge in [0.15, 0.2) is 18.3 Å². The van der Waals surface area contributed by atoms with Crippen molar-refractivity contribution in [1.82, 2.24) is 0 Å². The molecular weight excluding hydrogens is 500 g/mol. The minimum atomic E-state index is -1.05. The number of rotatable bonds is 6. The topological polar surface area (TPSA) is 88.1 Å². The number of ether oxygens (including phenoxy) is 4. The van der Waals surface area contributed by atoms with E-state index < -0.39 is 47.8 Å². The number of carbonyl (C=O) groups is 3. The van der Waals surface area contributed by atoms with E-state index in [4.69, 9.17) is 30.5 Å². The standard InChI is InChI=1S/C20H24BrClO7S/c1-9-6-13(7-14(8-21)15(9)22)16-17(26-10(2)23)18(27-11(3)24)19(28-12(4)25)20(29-16)30-5/h6-7,16-20H,8H2,1-5H3/t16-,17-,18+,19-,20+/m0/s1. The Morgan fingerprint density at radius 1 is 1.03 bits per heavy atom. The zero-order valence-electron chi connectivity index (χ0n) is 17.3. The van der Waals surface area contributed by atoms with Gasteiger partial charge in [0.2, 0.25) is 0 Å². The minimum absolute atomic E-state index is 0.515. The van der Waals surface area contributed by atoms with E-state index in [2.05, 4.69) is 15.9 Å². The van der Waals surface area contributed by atoms with Gasteiger partial charge in [0.25, 0.3) is 0 Å².